The second-order valence-electron chi connectivity index (χ2n) is 6.05. The van der Waals surface area contributed by atoms with Gasteiger partial charge in [-0.3, -0.25) is 0 Å². The summed E-state index contributed by atoms with van der Waals surface area (Å²) in [6.45, 7) is -1.95. The van der Waals surface area contributed by atoms with Gasteiger partial charge in [0.1, 0.15) is 0 Å². The number of rotatable bonds is 7. The molecule has 0 heterocycles. The van der Waals surface area contributed by atoms with Gasteiger partial charge in [0.2, 0.25) is 0 Å². The molecule has 2 amide bonds. The minimum Gasteiger partial charge on any atom is -0.493 e. The van der Waals surface area contributed by atoms with Crippen molar-refractivity contribution in [1.29, 1.82) is 0 Å². The Morgan fingerprint density at radius 2 is 2.04 bits per heavy atom. The fraction of sp³-hybridized carbons (Fsp3) is 0.588. The van der Waals surface area contributed by atoms with Crippen molar-refractivity contribution in [2.45, 2.75) is 38.8 Å². The topological polar surface area (TPSA) is 50.8 Å². The van der Waals surface area contributed by atoms with Crippen LogP contribution in [0.2, 0.25) is 0 Å². The number of urea groups is 1. The summed E-state index contributed by atoms with van der Waals surface area (Å²) in [6, 6.07) is 4.52. The Balaban J connectivity index is 1.89. The Bertz CT molecular complexity index is 549. The van der Waals surface area contributed by atoms with Gasteiger partial charge in [-0.05, 0) is 36.5 Å². The van der Waals surface area contributed by atoms with E-state index in [1.807, 2.05) is 0 Å². The summed E-state index contributed by atoms with van der Waals surface area (Å²) in [5.41, 5.74) is 0.661. The number of alkyl halides is 2. The highest BCUT2D eigenvalue weighted by Gasteiger charge is 2.19. The first-order valence-electron chi connectivity index (χ1n) is 8.10. The molecule has 1 aromatic carbocycles. The average Bonchev–Trinajstić information content (AvgIpc) is 3.05. The van der Waals surface area contributed by atoms with Gasteiger partial charge in [0.05, 0.1) is 7.11 Å². The van der Waals surface area contributed by atoms with E-state index in [9.17, 15) is 13.6 Å². The Morgan fingerprint density at radius 1 is 1.33 bits per heavy atom. The number of carbonyl (C=O) groups is 1. The van der Waals surface area contributed by atoms with Crippen molar-refractivity contribution in [1.82, 2.24) is 10.2 Å². The summed E-state index contributed by atoms with van der Waals surface area (Å²) in [5, 5.41) is 2.79. The lowest BCUT2D eigenvalue weighted by Crippen LogP contribution is -2.39. The number of hydrogen-bond donors (Lipinski definition) is 1. The molecule has 1 saturated carbocycles. The van der Waals surface area contributed by atoms with Crippen molar-refractivity contribution in [3.8, 4) is 11.5 Å². The van der Waals surface area contributed by atoms with Crippen molar-refractivity contribution in [2.75, 3.05) is 20.7 Å². The van der Waals surface area contributed by atoms with Crippen LogP contribution < -0.4 is 14.8 Å². The van der Waals surface area contributed by atoms with E-state index >= 15 is 0 Å². The van der Waals surface area contributed by atoms with Gasteiger partial charge in [-0.15, -0.1) is 0 Å². The smallest absolute Gasteiger partial charge is 0.387 e. The van der Waals surface area contributed by atoms with Gasteiger partial charge >= 0.3 is 12.6 Å². The number of hydrogen-bond acceptors (Lipinski definition) is 3. The van der Waals surface area contributed by atoms with Crippen LogP contribution in [0.4, 0.5) is 13.6 Å². The first kappa shape index (κ1) is 18.3. The SMILES string of the molecule is COc1ccc(CNC(=O)N(C)CC2CCCC2)cc1OC(F)F. The van der Waals surface area contributed by atoms with Gasteiger partial charge < -0.3 is 19.7 Å². The Kier molecular flexibility index (Phi) is 6.63. The maximum atomic E-state index is 12.4. The van der Waals surface area contributed by atoms with Crippen molar-refractivity contribution >= 4 is 6.03 Å². The van der Waals surface area contributed by atoms with Gasteiger partial charge in [0.15, 0.2) is 11.5 Å². The van der Waals surface area contributed by atoms with Crippen LogP contribution in [0.1, 0.15) is 31.2 Å². The van der Waals surface area contributed by atoms with E-state index in [1.165, 1.54) is 38.9 Å². The molecular weight excluding hydrogens is 318 g/mol. The molecule has 0 radical (unpaired) electrons. The molecule has 0 spiro atoms. The molecule has 0 saturated heterocycles. The van der Waals surface area contributed by atoms with E-state index in [-0.39, 0.29) is 24.1 Å². The van der Waals surface area contributed by atoms with Crippen LogP contribution in [0, 0.1) is 5.92 Å². The number of methoxy groups -OCH3 is 1. The van der Waals surface area contributed by atoms with E-state index in [0.717, 1.165) is 6.54 Å². The number of nitrogens with one attached hydrogen (secondary N) is 1. The van der Waals surface area contributed by atoms with Gasteiger partial charge in [-0.2, -0.15) is 8.78 Å². The third kappa shape index (κ3) is 5.25. The second-order valence-corrected chi connectivity index (χ2v) is 6.05. The molecule has 0 aliphatic heterocycles. The first-order chi connectivity index (χ1) is 11.5. The molecule has 0 unspecified atom stereocenters. The van der Waals surface area contributed by atoms with Crippen molar-refractivity contribution in [3.63, 3.8) is 0 Å². The number of carbonyl (C=O) groups excluding carboxylic acids is 1. The summed E-state index contributed by atoms with van der Waals surface area (Å²) in [7, 11) is 3.15. The molecule has 2 rings (SSSR count). The summed E-state index contributed by atoms with van der Waals surface area (Å²) >= 11 is 0. The van der Waals surface area contributed by atoms with E-state index in [1.54, 1.807) is 24.1 Å². The molecule has 1 aliphatic rings. The highest BCUT2D eigenvalue weighted by molar-refractivity contribution is 5.73. The van der Waals surface area contributed by atoms with Crippen LogP contribution in [0.3, 0.4) is 0 Å². The Hall–Kier alpha value is -2.05. The molecular formula is C17H24F2N2O3. The minimum atomic E-state index is -2.93. The van der Waals surface area contributed by atoms with E-state index in [0.29, 0.717) is 11.5 Å². The maximum Gasteiger partial charge on any atom is 0.387 e. The third-order valence-corrected chi connectivity index (χ3v) is 4.24. The normalized spacial score (nSPS) is 14.7. The van der Waals surface area contributed by atoms with E-state index in [4.69, 9.17) is 4.74 Å². The number of ether oxygens (including phenoxy) is 2. The van der Waals surface area contributed by atoms with E-state index in [2.05, 4.69) is 10.1 Å². The van der Waals surface area contributed by atoms with Crippen LogP contribution in [0.15, 0.2) is 18.2 Å². The zero-order valence-electron chi connectivity index (χ0n) is 14.1. The van der Waals surface area contributed by atoms with Crippen LogP contribution in [0.5, 0.6) is 11.5 Å². The highest BCUT2D eigenvalue weighted by atomic mass is 19.3. The van der Waals surface area contributed by atoms with Gasteiger partial charge in [0.25, 0.3) is 0 Å². The maximum absolute atomic E-state index is 12.4. The summed E-state index contributed by atoms with van der Waals surface area (Å²) in [4.78, 5) is 13.8. The molecule has 1 N–H and O–H groups in total. The zero-order chi connectivity index (χ0) is 17.5. The van der Waals surface area contributed by atoms with Gasteiger partial charge in [-0.25, -0.2) is 4.79 Å². The zero-order valence-corrected chi connectivity index (χ0v) is 14.1. The Labute approximate surface area is 140 Å². The molecule has 1 aliphatic carbocycles. The molecule has 24 heavy (non-hydrogen) atoms. The van der Waals surface area contributed by atoms with Crippen molar-refractivity contribution in [3.05, 3.63) is 23.8 Å². The summed E-state index contributed by atoms with van der Waals surface area (Å²) in [6.07, 6.45) is 4.81. The monoisotopic (exact) mass is 342 g/mol. The number of nitrogens with zero attached hydrogens (tertiary/aromatic N) is 1. The van der Waals surface area contributed by atoms with E-state index < -0.39 is 6.61 Å². The molecule has 1 fully saturated rings. The first-order valence-corrected chi connectivity index (χ1v) is 8.10. The molecule has 5 nitrogen and oxygen atoms in total. The second kappa shape index (κ2) is 8.70. The quantitative estimate of drug-likeness (QED) is 0.823. The molecule has 7 heteroatoms. The van der Waals surface area contributed by atoms with Crippen LogP contribution in [-0.4, -0.2) is 38.2 Å². The lowest BCUT2D eigenvalue weighted by atomic mass is 10.1. The number of benzene rings is 1. The van der Waals surface area contributed by atoms with Gasteiger partial charge in [0, 0.05) is 20.1 Å². The van der Waals surface area contributed by atoms with Crippen LogP contribution in [-0.2, 0) is 6.54 Å². The van der Waals surface area contributed by atoms with Crippen LogP contribution in [0.25, 0.3) is 0 Å². The largest absolute Gasteiger partial charge is 0.493 e. The molecule has 0 bridgehead atoms. The lowest BCUT2D eigenvalue weighted by Gasteiger charge is -2.21. The molecule has 0 atom stereocenters. The van der Waals surface area contributed by atoms with Gasteiger partial charge in [-0.1, -0.05) is 18.9 Å². The summed E-state index contributed by atoms with van der Waals surface area (Å²) < 4.78 is 34.3. The van der Waals surface area contributed by atoms with Crippen molar-refractivity contribution < 1.29 is 23.0 Å². The highest BCUT2D eigenvalue weighted by Crippen LogP contribution is 2.29. The fourth-order valence-corrected chi connectivity index (χ4v) is 2.99. The van der Waals surface area contributed by atoms with Crippen LogP contribution >= 0.6 is 0 Å². The standard InChI is InChI=1S/C17H24F2N2O3/c1-21(11-12-5-3-4-6-12)17(22)20-10-13-7-8-14(23-2)15(9-13)24-16(18)19/h7-9,12,16H,3-6,10-11H2,1-2H3,(H,20,22). The predicted molar refractivity (Wildman–Crippen MR) is 86.4 cm³/mol. The predicted octanol–water partition coefficient (Wildman–Crippen LogP) is 3.63. The number of amides is 2. The van der Waals surface area contributed by atoms with Crippen molar-refractivity contribution in [2.24, 2.45) is 5.92 Å². The average molecular weight is 342 g/mol. The third-order valence-electron chi connectivity index (χ3n) is 4.24. The Morgan fingerprint density at radius 3 is 2.67 bits per heavy atom. The fourth-order valence-electron chi connectivity index (χ4n) is 2.99. The summed E-state index contributed by atoms with van der Waals surface area (Å²) in [5.74, 6) is 0.759. The molecule has 1 aromatic rings. The lowest BCUT2D eigenvalue weighted by molar-refractivity contribution is -0.0512. The molecule has 134 valence electrons. The number of halogens is 2. The molecule has 0 aromatic heterocycles. The minimum absolute atomic E-state index is 0.0430.